The molecule has 2 rings (SSSR count). The molecule has 6 heteroatoms. The highest BCUT2D eigenvalue weighted by molar-refractivity contribution is 7.89. The van der Waals surface area contributed by atoms with Crippen LogP contribution in [0.2, 0.25) is 0 Å². The number of piperidine rings is 1. The number of rotatable bonds is 2. The van der Waals surface area contributed by atoms with Gasteiger partial charge in [0.15, 0.2) is 5.76 Å². The lowest BCUT2D eigenvalue weighted by Gasteiger charge is -2.33. The number of hydrogen-bond donors (Lipinski definition) is 0. The van der Waals surface area contributed by atoms with Crippen molar-refractivity contribution in [3.63, 3.8) is 0 Å². The van der Waals surface area contributed by atoms with Gasteiger partial charge in [-0.2, -0.15) is 4.31 Å². The second-order valence-corrected chi connectivity index (χ2v) is 7.30. The Labute approximate surface area is 108 Å². The molecule has 1 fully saturated rings. The topological polar surface area (TPSA) is 63.4 Å². The Morgan fingerprint density at radius 2 is 1.78 bits per heavy atom. The van der Waals surface area contributed by atoms with E-state index in [2.05, 4.69) is 19.0 Å². The fourth-order valence-corrected chi connectivity index (χ4v) is 4.74. The first kappa shape index (κ1) is 13.5. The van der Waals surface area contributed by atoms with Gasteiger partial charge in [-0.15, -0.1) is 0 Å². The Hall–Kier alpha value is -0.880. The molecule has 5 nitrogen and oxygen atoms in total. The van der Waals surface area contributed by atoms with Crippen molar-refractivity contribution in [3.05, 3.63) is 11.5 Å². The molecule has 1 aromatic rings. The van der Waals surface area contributed by atoms with E-state index in [9.17, 15) is 8.42 Å². The van der Waals surface area contributed by atoms with Crippen LogP contribution >= 0.6 is 0 Å². The molecule has 102 valence electrons. The van der Waals surface area contributed by atoms with Crippen LogP contribution in [0.4, 0.5) is 0 Å². The normalized spacial score (nSPS) is 26.4. The summed E-state index contributed by atoms with van der Waals surface area (Å²) in [4.78, 5) is 0.240. The van der Waals surface area contributed by atoms with Gasteiger partial charge >= 0.3 is 0 Å². The van der Waals surface area contributed by atoms with Gasteiger partial charge in [0.1, 0.15) is 10.6 Å². The second-order valence-electron chi connectivity index (χ2n) is 5.42. The van der Waals surface area contributed by atoms with Crippen LogP contribution < -0.4 is 0 Å². The molecule has 1 aliphatic rings. The maximum atomic E-state index is 12.6. The molecule has 2 atom stereocenters. The van der Waals surface area contributed by atoms with Gasteiger partial charge in [-0.1, -0.05) is 19.0 Å². The molecular weight excluding hydrogens is 252 g/mol. The van der Waals surface area contributed by atoms with Gasteiger partial charge in [-0.05, 0) is 32.1 Å². The summed E-state index contributed by atoms with van der Waals surface area (Å²) in [5.41, 5.74) is 0.443. The van der Waals surface area contributed by atoms with Crippen molar-refractivity contribution in [2.75, 3.05) is 13.1 Å². The molecule has 0 radical (unpaired) electrons. The van der Waals surface area contributed by atoms with Crippen molar-refractivity contribution in [2.45, 2.75) is 39.0 Å². The van der Waals surface area contributed by atoms with Crippen LogP contribution in [0.15, 0.2) is 9.42 Å². The van der Waals surface area contributed by atoms with Gasteiger partial charge in [0.05, 0.1) is 0 Å². The van der Waals surface area contributed by atoms with Crippen LogP contribution in [0.5, 0.6) is 0 Å². The summed E-state index contributed by atoms with van der Waals surface area (Å²) >= 11 is 0. The summed E-state index contributed by atoms with van der Waals surface area (Å²) in [6.07, 6.45) is 1.08. The minimum atomic E-state index is -3.47. The number of aromatic nitrogens is 1. The Kier molecular flexibility index (Phi) is 3.51. The molecule has 0 spiro atoms. The van der Waals surface area contributed by atoms with E-state index in [4.69, 9.17) is 4.52 Å². The third-order valence-electron chi connectivity index (χ3n) is 3.40. The van der Waals surface area contributed by atoms with Gasteiger partial charge in [0, 0.05) is 13.1 Å². The minimum Gasteiger partial charge on any atom is -0.360 e. The van der Waals surface area contributed by atoms with Crippen LogP contribution in [0.25, 0.3) is 0 Å². The zero-order valence-electron chi connectivity index (χ0n) is 11.3. The first-order valence-electron chi connectivity index (χ1n) is 6.25. The van der Waals surface area contributed by atoms with Gasteiger partial charge in [-0.25, -0.2) is 8.42 Å². The quantitative estimate of drug-likeness (QED) is 0.825. The van der Waals surface area contributed by atoms with Crippen molar-refractivity contribution < 1.29 is 12.9 Å². The van der Waals surface area contributed by atoms with E-state index in [0.29, 0.717) is 36.4 Å². The van der Waals surface area contributed by atoms with E-state index in [0.717, 1.165) is 6.42 Å². The van der Waals surface area contributed by atoms with Crippen molar-refractivity contribution >= 4 is 10.0 Å². The van der Waals surface area contributed by atoms with Gasteiger partial charge in [-0.3, -0.25) is 0 Å². The molecule has 1 aliphatic heterocycles. The van der Waals surface area contributed by atoms with Crippen LogP contribution in [-0.2, 0) is 10.0 Å². The minimum absolute atomic E-state index is 0.240. The van der Waals surface area contributed by atoms with E-state index in [1.165, 1.54) is 0 Å². The lowest BCUT2D eigenvalue weighted by molar-refractivity contribution is 0.222. The number of aryl methyl sites for hydroxylation is 2. The molecular formula is C12H20N2O3S. The molecule has 0 bridgehead atoms. The molecule has 0 amide bonds. The second kappa shape index (κ2) is 4.66. The highest BCUT2D eigenvalue weighted by Gasteiger charge is 2.35. The first-order valence-corrected chi connectivity index (χ1v) is 7.69. The Morgan fingerprint density at radius 3 is 2.22 bits per heavy atom. The summed E-state index contributed by atoms with van der Waals surface area (Å²) in [6, 6.07) is 0. The van der Waals surface area contributed by atoms with Gasteiger partial charge in [0.2, 0.25) is 10.0 Å². The fraction of sp³-hybridized carbons (Fsp3) is 0.750. The lowest BCUT2D eigenvalue weighted by Crippen LogP contribution is -2.42. The summed E-state index contributed by atoms with van der Waals surface area (Å²) in [7, 11) is -3.47. The number of hydrogen-bond acceptors (Lipinski definition) is 4. The summed E-state index contributed by atoms with van der Waals surface area (Å²) in [6.45, 7) is 8.65. The molecule has 0 aliphatic carbocycles. The molecule has 0 saturated carbocycles. The summed E-state index contributed by atoms with van der Waals surface area (Å²) in [5, 5.41) is 3.73. The van der Waals surface area contributed by atoms with Crippen molar-refractivity contribution in [2.24, 2.45) is 11.8 Å². The number of nitrogens with zero attached hydrogens (tertiary/aromatic N) is 2. The third-order valence-corrected chi connectivity index (χ3v) is 5.48. The van der Waals surface area contributed by atoms with Crippen molar-refractivity contribution in [1.82, 2.24) is 9.46 Å². The predicted molar refractivity (Wildman–Crippen MR) is 67.7 cm³/mol. The SMILES string of the molecule is Cc1noc(C)c1S(=O)(=O)N1C[C@@H](C)C[C@H](C)C1. The Bertz CT molecular complexity index is 506. The standard InChI is InChI=1S/C12H20N2O3S/c1-8-5-9(2)7-14(6-8)18(15,16)12-10(3)13-17-11(12)4/h8-9H,5-7H2,1-4H3/t8-,9-/m0/s1. The molecule has 0 aromatic carbocycles. The zero-order chi connectivity index (χ0) is 13.5. The monoisotopic (exact) mass is 272 g/mol. The molecule has 0 N–H and O–H groups in total. The van der Waals surface area contributed by atoms with Crippen LogP contribution in [0.1, 0.15) is 31.7 Å². The maximum Gasteiger partial charge on any atom is 0.248 e. The molecule has 18 heavy (non-hydrogen) atoms. The molecule has 0 unspecified atom stereocenters. The van der Waals surface area contributed by atoms with E-state index in [1.807, 2.05) is 0 Å². The van der Waals surface area contributed by atoms with Crippen molar-refractivity contribution in [3.8, 4) is 0 Å². The molecule has 1 aromatic heterocycles. The van der Waals surface area contributed by atoms with E-state index in [-0.39, 0.29) is 4.90 Å². The van der Waals surface area contributed by atoms with E-state index < -0.39 is 10.0 Å². The van der Waals surface area contributed by atoms with Crippen LogP contribution in [0, 0.1) is 25.7 Å². The number of sulfonamides is 1. The fourth-order valence-electron chi connectivity index (χ4n) is 2.77. The Balaban J connectivity index is 2.37. The Morgan fingerprint density at radius 1 is 1.22 bits per heavy atom. The predicted octanol–water partition coefficient (Wildman–Crippen LogP) is 1.96. The molecule has 1 saturated heterocycles. The van der Waals surface area contributed by atoms with Gasteiger partial charge in [0.25, 0.3) is 0 Å². The lowest BCUT2D eigenvalue weighted by atomic mass is 9.94. The average molecular weight is 272 g/mol. The van der Waals surface area contributed by atoms with Crippen LogP contribution in [-0.4, -0.2) is 31.0 Å². The summed E-state index contributed by atoms with van der Waals surface area (Å²) in [5.74, 6) is 1.16. The highest BCUT2D eigenvalue weighted by atomic mass is 32.2. The van der Waals surface area contributed by atoms with E-state index >= 15 is 0 Å². The average Bonchev–Trinajstić information content (AvgIpc) is 2.57. The smallest absolute Gasteiger partial charge is 0.248 e. The third kappa shape index (κ3) is 2.31. The van der Waals surface area contributed by atoms with Gasteiger partial charge < -0.3 is 4.52 Å². The van der Waals surface area contributed by atoms with Crippen molar-refractivity contribution in [1.29, 1.82) is 0 Å². The highest BCUT2D eigenvalue weighted by Crippen LogP contribution is 2.29. The van der Waals surface area contributed by atoms with Crippen LogP contribution in [0.3, 0.4) is 0 Å². The van der Waals surface area contributed by atoms with E-state index in [1.54, 1.807) is 18.2 Å². The maximum absolute atomic E-state index is 12.6. The summed E-state index contributed by atoms with van der Waals surface area (Å²) < 4.78 is 31.8. The first-order chi connectivity index (χ1) is 8.32. The largest absolute Gasteiger partial charge is 0.360 e. The zero-order valence-corrected chi connectivity index (χ0v) is 12.1. The molecule has 2 heterocycles.